The molecule has 0 aliphatic rings. The van der Waals surface area contributed by atoms with E-state index in [1.807, 2.05) is 0 Å². The summed E-state index contributed by atoms with van der Waals surface area (Å²) in [4.78, 5) is 12.5. The number of carbonyl (C=O) groups excluding carboxylic acids is 1. The lowest BCUT2D eigenvalue weighted by Gasteiger charge is -2.18. The summed E-state index contributed by atoms with van der Waals surface area (Å²) in [6.07, 6.45) is 0. The van der Waals surface area contributed by atoms with Gasteiger partial charge >= 0.3 is 0 Å². The Hall–Kier alpha value is -3.57. The van der Waals surface area contributed by atoms with Crippen LogP contribution in [0.3, 0.4) is 0 Å². The Kier molecular flexibility index (Phi) is 8.74. The maximum atomic E-state index is 13.9. The summed E-state index contributed by atoms with van der Waals surface area (Å²) in [5, 5.41) is 5.52. The number of halogens is 4. The highest BCUT2D eigenvalue weighted by molar-refractivity contribution is 7.91. The molecule has 12 heteroatoms. The highest BCUT2D eigenvalue weighted by Crippen LogP contribution is 2.39. The molecule has 0 fully saturated rings. The van der Waals surface area contributed by atoms with E-state index in [-0.39, 0.29) is 19.9 Å². The summed E-state index contributed by atoms with van der Waals surface area (Å²) in [6.45, 7) is 3.40. The van der Waals surface area contributed by atoms with Gasteiger partial charge in [-0.15, -0.1) is 0 Å². The minimum atomic E-state index is -3.75. The van der Waals surface area contributed by atoms with E-state index < -0.39 is 32.9 Å². The van der Waals surface area contributed by atoms with Crippen LogP contribution in [0.4, 0.5) is 14.5 Å². The molecule has 4 rings (SSSR count). The Bertz CT molecular complexity index is 1710. The van der Waals surface area contributed by atoms with Gasteiger partial charge in [-0.1, -0.05) is 29.3 Å². The van der Waals surface area contributed by atoms with Gasteiger partial charge in [0.1, 0.15) is 28.7 Å². The van der Waals surface area contributed by atoms with E-state index in [4.69, 9.17) is 40.2 Å². The zero-order chi connectivity index (χ0) is 29.2. The third-order valence-electron chi connectivity index (χ3n) is 5.79. The van der Waals surface area contributed by atoms with E-state index in [1.54, 1.807) is 19.9 Å². The van der Waals surface area contributed by atoms with Crippen molar-refractivity contribution in [2.75, 3.05) is 5.32 Å². The standard InChI is InChI=1S/C28H20Cl2F2N2O4S2/c1-15-14-23(33-28(39)34-27(35)24-21(31)4-3-5-22(24)32)16(2)25(30)26(15)38-18-8-12-20(13-9-18)40(36,37)19-10-6-17(29)7-11-19/h3-14H,1-2H3,(H2,33,34,35,39). The number of hydrogen-bond acceptors (Lipinski definition) is 5. The van der Waals surface area contributed by atoms with Gasteiger partial charge < -0.3 is 10.1 Å². The van der Waals surface area contributed by atoms with Crippen LogP contribution in [0.5, 0.6) is 11.5 Å². The summed E-state index contributed by atoms with van der Waals surface area (Å²) in [5.74, 6) is -2.42. The molecule has 6 nitrogen and oxygen atoms in total. The first-order chi connectivity index (χ1) is 18.9. The van der Waals surface area contributed by atoms with E-state index in [0.717, 1.165) is 18.2 Å². The van der Waals surface area contributed by atoms with E-state index in [9.17, 15) is 22.0 Å². The zero-order valence-corrected chi connectivity index (χ0v) is 24.0. The third-order valence-corrected chi connectivity index (χ3v) is 8.49. The summed E-state index contributed by atoms with van der Waals surface area (Å²) in [6, 6.07) is 16.5. The lowest BCUT2D eigenvalue weighted by Crippen LogP contribution is -2.35. The second-order valence-electron chi connectivity index (χ2n) is 8.54. The van der Waals surface area contributed by atoms with Crippen LogP contribution in [-0.2, 0) is 9.84 Å². The first-order valence-electron chi connectivity index (χ1n) is 11.5. The Morgan fingerprint density at radius 3 is 2.02 bits per heavy atom. The molecule has 2 N–H and O–H groups in total. The minimum absolute atomic E-state index is 0.0755. The molecular formula is C28H20Cl2F2N2O4S2. The van der Waals surface area contributed by atoms with E-state index >= 15 is 0 Å². The fraction of sp³-hybridized carbons (Fsp3) is 0.0714. The van der Waals surface area contributed by atoms with Crippen LogP contribution in [0, 0.1) is 25.5 Å². The number of amides is 1. The van der Waals surface area contributed by atoms with Crippen molar-refractivity contribution in [1.82, 2.24) is 5.32 Å². The molecule has 0 aliphatic heterocycles. The summed E-state index contributed by atoms with van der Waals surface area (Å²) in [7, 11) is -3.75. The molecule has 0 saturated heterocycles. The molecule has 0 spiro atoms. The molecule has 0 saturated carbocycles. The largest absolute Gasteiger partial charge is 0.456 e. The lowest BCUT2D eigenvalue weighted by atomic mass is 10.1. The summed E-state index contributed by atoms with van der Waals surface area (Å²) < 4.78 is 59.6. The number of rotatable bonds is 6. The SMILES string of the molecule is Cc1cc(NC(=S)NC(=O)c2c(F)cccc2F)c(C)c(Cl)c1Oc1ccc(S(=O)(=O)c2ccc(Cl)cc2)cc1. The first-order valence-corrected chi connectivity index (χ1v) is 14.2. The quantitative estimate of drug-likeness (QED) is 0.215. The molecule has 0 aromatic heterocycles. The predicted octanol–water partition coefficient (Wildman–Crippen LogP) is 7.64. The number of thiocarbonyl (C=S) groups is 1. The number of carbonyl (C=O) groups is 1. The average molecular weight is 622 g/mol. The molecule has 1 amide bonds. The van der Waals surface area contributed by atoms with Crippen LogP contribution >= 0.6 is 35.4 Å². The smallest absolute Gasteiger partial charge is 0.263 e. The molecule has 0 aliphatic carbocycles. The van der Waals surface area contributed by atoms with Crippen LogP contribution in [0.25, 0.3) is 0 Å². The number of nitrogens with one attached hydrogen (secondary N) is 2. The van der Waals surface area contributed by atoms with Crippen molar-refractivity contribution in [3.8, 4) is 11.5 Å². The average Bonchev–Trinajstić information content (AvgIpc) is 2.90. The van der Waals surface area contributed by atoms with Gasteiger partial charge in [0.05, 0.1) is 14.8 Å². The van der Waals surface area contributed by atoms with Gasteiger partial charge in [-0.2, -0.15) is 0 Å². The Morgan fingerprint density at radius 1 is 0.900 bits per heavy atom. The number of aryl methyl sites for hydroxylation is 1. The number of anilines is 1. The van der Waals surface area contributed by atoms with Gasteiger partial charge in [0.25, 0.3) is 5.91 Å². The van der Waals surface area contributed by atoms with Gasteiger partial charge in [-0.25, -0.2) is 17.2 Å². The van der Waals surface area contributed by atoms with Gasteiger partial charge in [-0.3, -0.25) is 10.1 Å². The van der Waals surface area contributed by atoms with Gasteiger partial charge in [0.2, 0.25) is 9.84 Å². The maximum absolute atomic E-state index is 13.9. The van der Waals surface area contributed by atoms with Crippen LogP contribution in [0.2, 0.25) is 10.0 Å². The normalized spacial score (nSPS) is 11.2. The number of benzene rings is 4. The summed E-state index contributed by atoms with van der Waals surface area (Å²) >= 11 is 17.6. The van der Waals surface area contributed by atoms with Crippen molar-refractivity contribution in [2.24, 2.45) is 0 Å². The maximum Gasteiger partial charge on any atom is 0.263 e. The Labute approximate surface area is 244 Å². The molecule has 0 atom stereocenters. The van der Waals surface area contributed by atoms with Crippen LogP contribution in [0.15, 0.2) is 82.6 Å². The Balaban J connectivity index is 1.50. The van der Waals surface area contributed by atoms with E-state index in [0.29, 0.717) is 33.3 Å². The van der Waals surface area contributed by atoms with Crippen LogP contribution in [0.1, 0.15) is 21.5 Å². The molecule has 40 heavy (non-hydrogen) atoms. The zero-order valence-electron chi connectivity index (χ0n) is 20.9. The van der Waals surface area contributed by atoms with Crippen molar-refractivity contribution in [3.63, 3.8) is 0 Å². The number of ether oxygens (including phenoxy) is 1. The first kappa shape index (κ1) is 29.4. The topological polar surface area (TPSA) is 84.5 Å². The van der Waals surface area contributed by atoms with Crippen molar-refractivity contribution < 1.29 is 26.7 Å². The lowest BCUT2D eigenvalue weighted by molar-refractivity contribution is 0.0969. The van der Waals surface area contributed by atoms with Gasteiger partial charge in [0, 0.05) is 10.7 Å². The molecule has 0 bridgehead atoms. The van der Waals surface area contributed by atoms with Crippen molar-refractivity contribution >= 4 is 62.0 Å². The molecule has 0 heterocycles. The second kappa shape index (κ2) is 11.9. The van der Waals surface area contributed by atoms with Crippen molar-refractivity contribution in [3.05, 3.63) is 111 Å². The highest BCUT2D eigenvalue weighted by atomic mass is 35.5. The molecular weight excluding hydrogens is 601 g/mol. The molecule has 0 radical (unpaired) electrons. The molecule has 0 unspecified atom stereocenters. The summed E-state index contributed by atoms with van der Waals surface area (Å²) in [5.41, 5.74) is 0.773. The molecule has 4 aromatic carbocycles. The van der Waals surface area contributed by atoms with Crippen LogP contribution in [-0.4, -0.2) is 19.4 Å². The van der Waals surface area contributed by atoms with Gasteiger partial charge in [0.15, 0.2) is 5.11 Å². The fourth-order valence-corrected chi connectivity index (χ4v) is 5.57. The van der Waals surface area contributed by atoms with Crippen molar-refractivity contribution in [2.45, 2.75) is 23.6 Å². The molecule has 206 valence electrons. The van der Waals surface area contributed by atoms with Gasteiger partial charge in [-0.05, 0) is 104 Å². The monoisotopic (exact) mass is 620 g/mol. The molecule has 4 aromatic rings. The number of hydrogen-bond donors (Lipinski definition) is 2. The Morgan fingerprint density at radius 2 is 1.45 bits per heavy atom. The fourth-order valence-electron chi connectivity index (χ4n) is 3.70. The highest BCUT2D eigenvalue weighted by Gasteiger charge is 2.21. The minimum Gasteiger partial charge on any atom is -0.456 e. The predicted molar refractivity (Wildman–Crippen MR) is 154 cm³/mol. The second-order valence-corrected chi connectivity index (χ2v) is 11.7. The van der Waals surface area contributed by atoms with E-state index in [2.05, 4.69) is 10.6 Å². The van der Waals surface area contributed by atoms with Crippen LogP contribution < -0.4 is 15.4 Å². The van der Waals surface area contributed by atoms with E-state index in [1.165, 1.54) is 48.5 Å². The number of sulfone groups is 1. The van der Waals surface area contributed by atoms with Crippen molar-refractivity contribution in [1.29, 1.82) is 0 Å². The third kappa shape index (κ3) is 6.26.